The van der Waals surface area contributed by atoms with Gasteiger partial charge in [0.1, 0.15) is 5.69 Å². The van der Waals surface area contributed by atoms with Crippen LogP contribution in [0.4, 0.5) is 13.2 Å². The second kappa shape index (κ2) is 7.08. The standard InChI is InChI=1S/C17H16ClF3N6O/c18-11-8-23-26(9-11)5-1-4-22-16(28)13-7-15-24-12(10-2-3-10)6-14(17(19,20)21)27(15)25-13/h6-10H,1-5H2,(H,22,28). The lowest BCUT2D eigenvalue weighted by atomic mass is 10.2. The van der Waals surface area contributed by atoms with E-state index in [9.17, 15) is 18.0 Å². The van der Waals surface area contributed by atoms with Gasteiger partial charge in [-0.15, -0.1) is 0 Å². The van der Waals surface area contributed by atoms with Crippen molar-refractivity contribution in [1.82, 2.24) is 29.7 Å². The number of aromatic nitrogens is 5. The third kappa shape index (κ3) is 3.96. The summed E-state index contributed by atoms with van der Waals surface area (Å²) in [4.78, 5) is 16.5. The fourth-order valence-electron chi connectivity index (χ4n) is 2.89. The number of nitrogens with one attached hydrogen (secondary N) is 1. The number of rotatable bonds is 6. The molecule has 0 atom stereocenters. The molecule has 0 radical (unpaired) electrons. The predicted octanol–water partition coefficient (Wildman–Crippen LogP) is 3.30. The molecule has 1 aliphatic rings. The van der Waals surface area contributed by atoms with E-state index in [-0.39, 0.29) is 17.3 Å². The van der Waals surface area contributed by atoms with Crippen LogP contribution in [0.5, 0.6) is 0 Å². The van der Waals surface area contributed by atoms with E-state index in [0.29, 0.717) is 34.7 Å². The molecule has 0 bridgehead atoms. The molecular formula is C17H16ClF3N6O. The summed E-state index contributed by atoms with van der Waals surface area (Å²) < 4.78 is 42.5. The van der Waals surface area contributed by atoms with Gasteiger partial charge in [0.2, 0.25) is 0 Å². The van der Waals surface area contributed by atoms with Crippen LogP contribution in [0.15, 0.2) is 24.5 Å². The van der Waals surface area contributed by atoms with E-state index in [1.165, 1.54) is 12.3 Å². The maximum absolute atomic E-state index is 13.4. The highest BCUT2D eigenvalue weighted by atomic mass is 35.5. The average molecular weight is 413 g/mol. The Balaban J connectivity index is 1.48. The van der Waals surface area contributed by atoms with Crippen molar-refractivity contribution >= 4 is 23.2 Å². The summed E-state index contributed by atoms with van der Waals surface area (Å²) in [6, 6.07) is 2.30. The fourth-order valence-corrected chi connectivity index (χ4v) is 3.05. The molecule has 3 heterocycles. The van der Waals surface area contributed by atoms with Gasteiger partial charge < -0.3 is 5.32 Å². The lowest BCUT2D eigenvalue weighted by molar-refractivity contribution is -0.142. The molecule has 1 saturated carbocycles. The Morgan fingerprint density at radius 3 is 2.75 bits per heavy atom. The van der Waals surface area contributed by atoms with Crippen LogP contribution in [-0.4, -0.2) is 36.8 Å². The zero-order chi connectivity index (χ0) is 19.9. The van der Waals surface area contributed by atoms with Gasteiger partial charge in [-0.2, -0.15) is 23.4 Å². The van der Waals surface area contributed by atoms with Gasteiger partial charge >= 0.3 is 6.18 Å². The van der Waals surface area contributed by atoms with Gasteiger partial charge in [-0.3, -0.25) is 9.48 Å². The first-order valence-corrected chi connectivity index (χ1v) is 9.13. The molecule has 1 amide bonds. The lowest BCUT2D eigenvalue weighted by Crippen LogP contribution is -2.26. The SMILES string of the molecule is O=C(NCCCn1cc(Cl)cn1)c1cc2nc(C3CC3)cc(C(F)(F)F)n2n1. The number of amides is 1. The van der Waals surface area contributed by atoms with E-state index >= 15 is 0 Å². The molecule has 1 fully saturated rings. The Kier molecular flexibility index (Phi) is 4.74. The van der Waals surface area contributed by atoms with E-state index < -0.39 is 17.8 Å². The van der Waals surface area contributed by atoms with Gasteiger partial charge in [-0.25, -0.2) is 9.50 Å². The molecule has 3 aromatic rings. The van der Waals surface area contributed by atoms with Crippen LogP contribution in [-0.2, 0) is 12.7 Å². The molecule has 148 valence electrons. The summed E-state index contributed by atoms with van der Waals surface area (Å²) in [5.41, 5.74) is -0.611. The summed E-state index contributed by atoms with van der Waals surface area (Å²) in [7, 11) is 0. The van der Waals surface area contributed by atoms with E-state index in [0.717, 1.165) is 18.9 Å². The van der Waals surface area contributed by atoms with Crippen LogP contribution in [0, 0.1) is 0 Å². The molecule has 0 spiro atoms. The molecule has 1 N–H and O–H groups in total. The smallest absolute Gasteiger partial charge is 0.351 e. The second-order valence-electron chi connectivity index (χ2n) is 6.67. The molecule has 11 heteroatoms. The Hall–Kier alpha value is -2.62. The average Bonchev–Trinajstić information content (AvgIpc) is 3.26. The first-order valence-electron chi connectivity index (χ1n) is 8.75. The molecule has 0 saturated heterocycles. The number of halogens is 4. The van der Waals surface area contributed by atoms with E-state index in [4.69, 9.17) is 11.6 Å². The number of aryl methyl sites for hydroxylation is 1. The number of hydrogen-bond donors (Lipinski definition) is 1. The minimum atomic E-state index is -4.59. The van der Waals surface area contributed by atoms with Gasteiger partial charge in [0.25, 0.3) is 5.91 Å². The molecule has 3 aromatic heterocycles. The monoisotopic (exact) mass is 412 g/mol. The van der Waals surface area contributed by atoms with Crippen LogP contribution < -0.4 is 5.32 Å². The van der Waals surface area contributed by atoms with Crippen molar-refractivity contribution in [3.63, 3.8) is 0 Å². The number of nitrogens with zero attached hydrogens (tertiary/aromatic N) is 5. The number of carbonyl (C=O) groups excluding carboxylic acids is 1. The van der Waals surface area contributed by atoms with Crippen LogP contribution in [0.1, 0.15) is 47.1 Å². The first-order chi connectivity index (χ1) is 13.3. The molecule has 0 aliphatic heterocycles. The highest BCUT2D eigenvalue weighted by molar-refractivity contribution is 6.30. The first kappa shape index (κ1) is 18.7. The van der Waals surface area contributed by atoms with Crippen molar-refractivity contribution in [2.24, 2.45) is 0 Å². The minimum absolute atomic E-state index is 0.0213. The largest absolute Gasteiger partial charge is 0.433 e. The normalized spacial score (nSPS) is 14.6. The van der Waals surface area contributed by atoms with Gasteiger partial charge in [0.15, 0.2) is 11.3 Å². The quantitative estimate of drug-likeness (QED) is 0.630. The Morgan fingerprint density at radius 1 is 1.32 bits per heavy atom. The predicted molar refractivity (Wildman–Crippen MR) is 94.2 cm³/mol. The van der Waals surface area contributed by atoms with Crippen molar-refractivity contribution < 1.29 is 18.0 Å². The van der Waals surface area contributed by atoms with Crippen LogP contribution in [0.2, 0.25) is 5.02 Å². The number of carbonyl (C=O) groups is 1. The summed E-state index contributed by atoms with van der Waals surface area (Å²) in [6.07, 6.45) is 0.808. The summed E-state index contributed by atoms with van der Waals surface area (Å²) in [6.45, 7) is 0.861. The highest BCUT2D eigenvalue weighted by Gasteiger charge is 2.37. The molecular weight excluding hydrogens is 397 g/mol. The Labute approximate surface area is 162 Å². The number of fused-ring (bicyclic) bond motifs is 1. The molecule has 0 aromatic carbocycles. The molecule has 1 aliphatic carbocycles. The molecule has 7 nitrogen and oxygen atoms in total. The summed E-state index contributed by atoms with van der Waals surface area (Å²) >= 11 is 5.77. The zero-order valence-electron chi connectivity index (χ0n) is 14.6. The number of hydrogen-bond acceptors (Lipinski definition) is 4. The van der Waals surface area contributed by atoms with Gasteiger partial charge in [-0.05, 0) is 25.3 Å². The lowest BCUT2D eigenvalue weighted by Gasteiger charge is -2.10. The summed E-state index contributed by atoms with van der Waals surface area (Å²) in [5.74, 6) is -0.501. The molecule has 28 heavy (non-hydrogen) atoms. The van der Waals surface area contributed by atoms with Gasteiger partial charge in [-0.1, -0.05) is 11.6 Å². The van der Waals surface area contributed by atoms with Crippen LogP contribution in [0.3, 0.4) is 0 Å². The second-order valence-corrected chi connectivity index (χ2v) is 7.11. The van der Waals surface area contributed by atoms with Crippen LogP contribution >= 0.6 is 11.6 Å². The van der Waals surface area contributed by atoms with E-state index in [1.807, 2.05) is 0 Å². The van der Waals surface area contributed by atoms with E-state index in [1.54, 1.807) is 10.9 Å². The van der Waals surface area contributed by atoms with Crippen molar-refractivity contribution in [3.8, 4) is 0 Å². The van der Waals surface area contributed by atoms with Crippen molar-refractivity contribution in [1.29, 1.82) is 0 Å². The third-order valence-electron chi connectivity index (χ3n) is 4.42. The third-order valence-corrected chi connectivity index (χ3v) is 4.61. The van der Waals surface area contributed by atoms with Crippen LogP contribution in [0.25, 0.3) is 5.65 Å². The Morgan fingerprint density at radius 2 is 2.11 bits per heavy atom. The van der Waals surface area contributed by atoms with Crippen molar-refractivity contribution in [3.05, 3.63) is 46.6 Å². The maximum atomic E-state index is 13.4. The maximum Gasteiger partial charge on any atom is 0.433 e. The Bertz CT molecular complexity index is 1020. The van der Waals surface area contributed by atoms with Gasteiger partial charge in [0.05, 0.1) is 11.2 Å². The molecule has 0 unspecified atom stereocenters. The number of alkyl halides is 3. The topological polar surface area (TPSA) is 77.1 Å². The summed E-state index contributed by atoms with van der Waals surface area (Å²) in [5, 5.41) is 11.0. The highest BCUT2D eigenvalue weighted by Crippen LogP contribution is 2.41. The van der Waals surface area contributed by atoms with Gasteiger partial charge in [0, 0.05) is 37.0 Å². The molecule has 4 rings (SSSR count). The van der Waals surface area contributed by atoms with E-state index in [2.05, 4.69) is 20.5 Å². The van der Waals surface area contributed by atoms with Crippen molar-refractivity contribution in [2.75, 3.05) is 6.54 Å². The zero-order valence-corrected chi connectivity index (χ0v) is 15.3. The fraction of sp³-hybridized carbons (Fsp3) is 0.412. The minimum Gasteiger partial charge on any atom is -0.351 e. The van der Waals surface area contributed by atoms with Crippen molar-refractivity contribution in [2.45, 2.75) is 37.9 Å².